The molecule has 0 spiro atoms. The van der Waals surface area contributed by atoms with E-state index in [1.54, 1.807) is 6.07 Å². The summed E-state index contributed by atoms with van der Waals surface area (Å²) < 4.78 is 18.1. The zero-order valence-electron chi connectivity index (χ0n) is 9.00. The molecule has 0 aromatic heterocycles. The third kappa shape index (κ3) is 3.88. The third-order valence-corrected chi connectivity index (χ3v) is 2.34. The van der Waals surface area contributed by atoms with E-state index >= 15 is 0 Å². The van der Waals surface area contributed by atoms with E-state index in [-0.39, 0.29) is 18.2 Å². The molecule has 3 heteroatoms. The highest BCUT2D eigenvalue weighted by molar-refractivity contribution is 5.29. The Kier molecular flexibility index (Phi) is 5.12. The van der Waals surface area contributed by atoms with Crippen molar-refractivity contribution in [1.82, 2.24) is 0 Å². The largest absolute Gasteiger partial charge is 0.494 e. The standard InChI is InChI=1S/C12H17FO2/c1-15-12-7-6-10(9-11(12)13)5-3-2-4-8-14/h6-7,9,14H,2-5,8H2,1H3. The zero-order valence-corrected chi connectivity index (χ0v) is 9.00. The number of ether oxygens (including phenoxy) is 1. The summed E-state index contributed by atoms with van der Waals surface area (Å²) >= 11 is 0. The van der Waals surface area contributed by atoms with Crippen LogP contribution in [0.5, 0.6) is 5.75 Å². The van der Waals surface area contributed by atoms with Crippen LogP contribution < -0.4 is 4.74 Å². The molecule has 0 aliphatic heterocycles. The molecule has 0 bridgehead atoms. The summed E-state index contributed by atoms with van der Waals surface area (Å²) in [5, 5.41) is 8.60. The Morgan fingerprint density at radius 3 is 2.67 bits per heavy atom. The van der Waals surface area contributed by atoms with E-state index in [1.807, 2.05) is 6.07 Å². The average Bonchev–Trinajstić information content (AvgIpc) is 2.25. The molecular formula is C12H17FO2. The molecule has 15 heavy (non-hydrogen) atoms. The minimum absolute atomic E-state index is 0.233. The molecule has 0 heterocycles. The molecule has 0 fully saturated rings. The van der Waals surface area contributed by atoms with Gasteiger partial charge in [0.2, 0.25) is 0 Å². The van der Waals surface area contributed by atoms with Crippen molar-refractivity contribution in [2.45, 2.75) is 25.7 Å². The first kappa shape index (κ1) is 12.0. The number of aliphatic hydroxyl groups excluding tert-OH is 1. The van der Waals surface area contributed by atoms with Crippen LogP contribution in [0.25, 0.3) is 0 Å². The van der Waals surface area contributed by atoms with Crippen molar-refractivity contribution >= 4 is 0 Å². The number of benzene rings is 1. The summed E-state index contributed by atoms with van der Waals surface area (Å²) in [6, 6.07) is 5.04. The first-order valence-electron chi connectivity index (χ1n) is 5.21. The Balaban J connectivity index is 2.45. The fourth-order valence-corrected chi connectivity index (χ4v) is 1.48. The Hall–Kier alpha value is -1.09. The minimum Gasteiger partial charge on any atom is -0.494 e. The van der Waals surface area contributed by atoms with Crippen molar-refractivity contribution in [3.63, 3.8) is 0 Å². The molecule has 0 aliphatic carbocycles. The molecule has 0 saturated carbocycles. The fourth-order valence-electron chi connectivity index (χ4n) is 1.48. The van der Waals surface area contributed by atoms with Crippen LogP contribution in [-0.2, 0) is 6.42 Å². The number of unbranched alkanes of at least 4 members (excludes halogenated alkanes) is 2. The fraction of sp³-hybridized carbons (Fsp3) is 0.500. The maximum Gasteiger partial charge on any atom is 0.165 e. The second-order valence-electron chi connectivity index (χ2n) is 3.50. The molecule has 2 nitrogen and oxygen atoms in total. The lowest BCUT2D eigenvalue weighted by molar-refractivity contribution is 0.283. The third-order valence-electron chi connectivity index (χ3n) is 2.34. The number of rotatable bonds is 6. The lowest BCUT2D eigenvalue weighted by atomic mass is 10.1. The summed E-state index contributed by atoms with van der Waals surface area (Å²) in [5.41, 5.74) is 0.978. The van der Waals surface area contributed by atoms with E-state index in [0.717, 1.165) is 31.2 Å². The SMILES string of the molecule is COc1ccc(CCCCCO)cc1F. The molecule has 0 radical (unpaired) electrons. The molecule has 1 rings (SSSR count). The first-order valence-corrected chi connectivity index (χ1v) is 5.21. The molecule has 1 N–H and O–H groups in total. The van der Waals surface area contributed by atoms with Gasteiger partial charge in [-0.25, -0.2) is 4.39 Å². The van der Waals surface area contributed by atoms with Gasteiger partial charge in [0.1, 0.15) is 0 Å². The molecule has 1 aromatic rings. The summed E-state index contributed by atoms with van der Waals surface area (Å²) in [6.45, 7) is 0.233. The lowest BCUT2D eigenvalue weighted by Gasteiger charge is -2.04. The molecule has 0 atom stereocenters. The number of aryl methyl sites for hydroxylation is 1. The number of hydrogen-bond donors (Lipinski definition) is 1. The van der Waals surface area contributed by atoms with Gasteiger partial charge in [0, 0.05) is 6.61 Å². The van der Waals surface area contributed by atoms with Gasteiger partial charge in [0.25, 0.3) is 0 Å². The summed E-state index contributed by atoms with van der Waals surface area (Å²) in [7, 11) is 1.46. The van der Waals surface area contributed by atoms with Gasteiger partial charge < -0.3 is 9.84 Å². The number of aliphatic hydroxyl groups is 1. The Morgan fingerprint density at radius 2 is 2.07 bits per heavy atom. The van der Waals surface area contributed by atoms with Crippen molar-refractivity contribution in [2.24, 2.45) is 0 Å². The van der Waals surface area contributed by atoms with Crippen LogP contribution in [0.2, 0.25) is 0 Å². The summed E-state index contributed by atoms with van der Waals surface area (Å²) in [5.74, 6) is -0.0220. The maximum absolute atomic E-state index is 13.3. The number of hydrogen-bond acceptors (Lipinski definition) is 2. The topological polar surface area (TPSA) is 29.5 Å². The van der Waals surface area contributed by atoms with E-state index in [4.69, 9.17) is 9.84 Å². The highest BCUT2D eigenvalue weighted by Gasteiger charge is 2.02. The van der Waals surface area contributed by atoms with Crippen molar-refractivity contribution in [3.05, 3.63) is 29.6 Å². The summed E-state index contributed by atoms with van der Waals surface area (Å²) in [4.78, 5) is 0. The number of halogens is 1. The molecule has 0 saturated heterocycles. The van der Waals surface area contributed by atoms with E-state index in [9.17, 15) is 4.39 Å². The Bertz CT molecular complexity index is 300. The van der Waals surface area contributed by atoms with Crippen molar-refractivity contribution in [2.75, 3.05) is 13.7 Å². The lowest BCUT2D eigenvalue weighted by Crippen LogP contribution is -1.92. The van der Waals surface area contributed by atoms with Crippen LogP contribution in [0.4, 0.5) is 4.39 Å². The van der Waals surface area contributed by atoms with Crippen LogP contribution in [-0.4, -0.2) is 18.8 Å². The van der Waals surface area contributed by atoms with Crippen molar-refractivity contribution < 1.29 is 14.2 Å². The minimum atomic E-state index is -0.308. The molecule has 0 aliphatic rings. The summed E-state index contributed by atoms with van der Waals surface area (Å²) in [6.07, 6.45) is 3.62. The second kappa shape index (κ2) is 6.40. The van der Waals surface area contributed by atoms with Gasteiger partial charge >= 0.3 is 0 Å². The molecular weight excluding hydrogens is 195 g/mol. The van der Waals surface area contributed by atoms with Gasteiger partial charge in [0.05, 0.1) is 7.11 Å². The highest BCUT2D eigenvalue weighted by Crippen LogP contribution is 2.18. The van der Waals surface area contributed by atoms with Crippen LogP contribution in [0.1, 0.15) is 24.8 Å². The monoisotopic (exact) mass is 212 g/mol. The van der Waals surface area contributed by atoms with Gasteiger partial charge in [-0.2, -0.15) is 0 Å². The van der Waals surface area contributed by atoms with Crippen molar-refractivity contribution in [1.29, 1.82) is 0 Å². The molecule has 0 amide bonds. The maximum atomic E-state index is 13.3. The van der Waals surface area contributed by atoms with E-state index in [1.165, 1.54) is 13.2 Å². The second-order valence-corrected chi connectivity index (χ2v) is 3.50. The predicted molar refractivity (Wildman–Crippen MR) is 57.6 cm³/mol. The Morgan fingerprint density at radius 1 is 1.27 bits per heavy atom. The van der Waals surface area contributed by atoms with Crippen molar-refractivity contribution in [3.8, 4) is 5.75 Å². The van der Waals surface area contributed by atoms with Crippen LogP contribution in [0.3, 0.4) is 0 Å². The quantitative estimate of drug-likeness (QED) is 0.734. The van der Waals surface area contributed by atoms with E-state index in [2.05, 4.69) is 0 Å². The molecule has 1 aromatic carbocycles. The van der Waals surface area contributed by atoms with Gasteiger partial charge in [-0.3, -0.25) is 0 Å². The van der Waals surface area contributed by atoms with Gasteiger partial charge in [-0.05, 0) is 37.0 Å². The zero-order chi connectivity index (χ0) is 11.1. The van der Waals surface area contributed by atoms with Crippen LogP contribution in [0, 0.1) is 5.82 Å². The van der Waals surface area contributed by atoms with Crippen LogP contribution >= 0.6 is 0 Å². The van der Waals surface area contributed by atoms with E-state index < -0.39 is 0 Å². The smallest absolute Gasteiger partial charge is 0.165 e. The normalized spacial score (nSPS) is 10.3. The predicted octanol–water partition coefficient (Wildman–Crippen LogP) is 2.54. The van der Waals surface area contributed by atoms with E-state index in [0.29, 0.717) is 0 Å². The van der Waals surface area contributed by atoms with Gasteiger partial charge in [0.15, 0.2) is 11.6 Å². The Labute approximate surface area is 89.7 Å². The first-order chi connectivity index (χ1) is 7.27. The van der Waals surface area contributed by atoms with Gasteiger partial charge in [-0.15, -0.1) is 0 Å². The van der Waals surface area contributed by atoms with Crippen LogP contribution in [0.15, 0.2) is 18.2 Å². The highest BCUT2D eigenvalue weighted by atomic mass is 19.1. The molecule has 0 unspecified atom stereocenters. The number of methoxy groups -OCH3 is 1. The average molecular weight is 212 g/mol. The molecule has 84 valence electrons. The van der Waals surface area contributed by atoms with Gasteiger partial charge in [-0.1, -0.05) is 12.5 Å².